The fraction of sp³-hybridized carbons (Fsp3) is 0.480. The number of amides is 1. The van der Waals surface area contributed by atoms with E-state index in [1.165, 1.54) is 11.1 Å². The van der Waals surface area contributed by atoms with Crippen LogP contribution in [0.15, 0.2) is 48.5 Å². The Morgan fingerprint density at radius 2 is 1.80 bits per heavy atom. The molecule has 1 amide bonds. The second-order valence-electron chi connectivity index (χ2n) is 7.99. The number of hydrogen-bond donors (Lipinski definition) is 0. The van der Waals surface area contributed by atoms with Crippen molar-refractivity contribution in [2.24, 2.45) is 0 Å². The smallest absolute Gasteiger partial charge is 0.222 e. The second kappa shape index (κ2) is 11.1. The average molecular weight is 411 g/mol. The summed E-state index contributed by atoms with van der Waals surface area (Å²) in [7, 11) is 1.69. The van der Waals surface area contributed by atoms with Gasteiger partial charge in [-0.25, -0.2) is 0 Å². The highest BCUT2D eigenvalue weighted by Crippen LogP contribution is 2.25. The Hall–Kier alpha value is -2.37. The average Bonchev–Trinajstić information content (AvgIpc) is 2.78. The van der Waals surface area contributed by atoms with Crippen LogP contribution in [-0.4, -0.2) is 55.5 Å². The summed E-state index contributed by atoms with van der Waals surface area (Å²) in [5.74, 6) is 1.11. The van der Waals surface area contributed by atoms with Crippen molar-refractivity contribution in [3.05, 3.63) is 65.2 Å². The van der Waals surface area contributed by atoms with Crippen molar-refractivity contribution in [1.82, 2.24) is 9.80 Å². The maximum Gasteiger partial charge on any atom is 0.222 e. The quantitative estimate of drug-likeness (QED) is 0.621. The van der Waals surface area contributed by atoms with Gasteiger partial charge in [-0.1, -0.05) is 48.9 Å². The van der Waals surface area contributed by atoms with Crippen LogP contribution in [0.5, 0.6) is 5.75 Å². The van der Waals surface area contributed by atoms with E-state index in [1.807, 2.05) is 17.0 Å². The van der Waals surface area contributed by atoms with E-state index in [-0.39, 0.29) is 12.0 Å². The lowest BCUT2D eigenvalue weighted by molar-refractivity contribution is -0.133. The molecule has 2 aromatic carbocycles. The van der Waals surface area contributed by atoms with Crippen molar-refractivity contribution in [2.75, 3.05) is 39.8 Å². The standard InChI is InChI=1S/C25H34N2O3/c1-4-6-25(28)27-15-13-26(14-16-27)18-24(22-7-5-8-23(17-22)29-3)30-19-21-11-9-20(2)10-12-21/h5,7-12,17,24H,4,6,13-16,18-19H2,1-3H3/t24-/m0/s1. The normalized spacial score (nSPS) is 15.8. The van der Waals surface area contributed by atoms with Crippen LogP contribution in [0.25, 0.3) is 0 Å². The SMILES string of the molecule is CCCC(=O)N1CCN(C[C@H](OCc2ccc(C)cc2)c2cccc(OC)c2)CC1. The maximum absolute atomic E-state index is 12.2. The van der Waals surface area contributed by atoms with Crippen molar-refractivity contribution in [3.63, 3.8) is 0 Å². The molecule has 1 atom stereocenters. The largest absolute Gasteiger partial charge is 0.497 e. The van der Waals surface area contributed by atoms with Gasteiger partial charge in [-0.15, -0.1) is 0 Å². The topological polar surface area (TPSA) is 42.0 Å². The van der Waals surface area contributed by atoms with E-state index >= 15 is 0 Å². The van der Waals surface area contributed by atoms with E-state index < -0.39 is 0 Å². The molecule has 1 aliphatic rings. The zero-order valence-corrected chi connectivity index (χ0v) is 18.5. The highest BCUT2D eigenvalue weighted by atomic mass is 16.5. The van der Waals surface area contributed by atoms with E-state index in [0.29, 0.717) is 13.0 Å². The Bertz CT molecular complexity index is 798. The molecule has 0 unspecified atom stereocenters. The molecule has 1 aliphatic heterocycles. The minimum atomic E-state index is -0.0562. The van der Waals surface area contributed by atoms with Gasteiger partial charge in [-0.2, -0.15) is 0 Å². The molecule has 2 aromatic rings. The minimum absolute atomic E-state index is 0.0562. The van der Waals surface area contributed by atoms with Crippen LogP contribution in [-0.2, 0) is 16.1 Å². The number of rotatable bonds is 9. The van der Waals surface area contributed by atoms with Gasteiger partial charge in [0, 0.05) is 39.1 Å². The monoisotopic (exact) mass is 410 g/mol. The van der Waals surface area contributed by atoms with Crippen LogP contribution in [0.2, 0.25) is 0 Å². The van der Waals surface area contributed by atoms with Crippen molar-refractivity contribution in [3.8, 4) is 5.75 Å². The first-order valence-corrected chi connectivity index (χ1v) is 10.9. The third-order valence-corrected chi connectivity index (χ3v) is 5.65. The number of piperazine rings is 1. The molecule has 1 fully saturated rings. The van der Waals surface area contributed by atoms with Crippen LogP contribution in [0.3, 0.4) is 0 Å². The minimum Gasteiger partial charge on any atom is -0.497 e. The highest BCUT2D eigenvalue weighted by molar-refractivity contribution is 5.76. The van der Waals surface area contributed by atoms with Crippen molar-refractivity contribution in [1.29, 1.82) is 0 Å². The third-order valence-electron chi connectivity index (χ3n) is 5.65. The van der Waals surface area contributed by atoms with Gasteiger partial charge < -0.3 is 14.4 Å². The van der Waals surface area contributed by atoms with E-state index in [1.54, 1.807) is 7.11 Å². The van der Waals surface area contributed by atoms with E-state index in [0.717, 1.165) is 50.5 Å². The Kier molecular flexibility index (Phi) is 8.29. The number of methoxy groups -OCH3 is 1. The molecule has 0 saturated carbocycles. The Morgan fingerprint density at radius 3 is 2.47 bits per heavy atom. The number of hydrogen-bond acceptors (Lipinski definition) is 4. The molecule has 0 bridgehead atoms. The van der Waals surface area contributed by atoms with Crippen LogP contribution in [0.4, 0.5) is 0 Å². The van der Waals surface area contributed by atoms with E-state index in [2.05, 4.69) is 55.1 Å². The second-order valence-corrected chi connectivity index (χ2v) is 7.99. The van der Waals surface area contributed by atoms with Gasteiger partial charge in [0.25, 0.3) is 0 Å². The number of carbonyl (C=O) groups excluding carboxylic acids is 1. The predicted octanol–water partition coefficient (Wildman–Crippen LogP) is 4.21. The van der Waals surface area contributed by atoms with Crippen molar-refractivity contribution >= 4 is 5.91 Å². The molecule has 5 heteroatoms. The van der Waals surface area contributed by atoms with Gasteiger partial charge in [-0.3, -0.25) is 9.69 Å². The summed E-state index contributed by atoms with van der Waals surface area (Å²) in [6.07, 6.45) is 1.50. The van der Waals surface area contributed by atoms with Crippen LogP contribution in [0, 0.1) is 6.92 Å². The van der Waals surface area contributed by atoms with E-state index in [9.17, 15) is 4.79 Å². The third kappa shape index (κ3) is 6.31. The first kappa shape index (κ1) is 22.3. The van der Waals surface area contributed by atoms with Crippen LogP contribution < -0.4 is 4.74 Å². The van der Waals surface area contributed by atoms with Gasteiger partial charge >= 0.3 is 0 Å². The molecule has 5 nitrogen and oxygen atoms in total. The molecule has 1 saturated heterocycles. The summed E-state index contributed by atoms with van der Waals surface area (Å²) in [4.78, 5) is 16.6. The number of benzene rings is 2. The molecule has 0 radical (unpaired) electrons. The summed E-state index contributed by atoms with van der Waals surface area (Å²) in [6.45, 7) is 8.86. The fourth-order valence-electron chi connectivity index (χ4n) is 3.76. The van der Waals surface area contributed by atoms with Gasteiger partial charge in [0.1, 0.15) is 5.75 Å². The van der Waals surface area contributed by atoms with Crippen LogP contribution >= 0.6 is 0 Å². The van der Waals surface area contributed by atoms with Crippen LogP contribution in [0.1, 0.15) is 42.6 Å². The Balaban J connectivity index is 1.65. The lowest BCUT2D eigenvalue weighted by Gasteiger charge is -2.36. The van der Waals surface area contributed by atoms with Gasteiger partial charge in [0.05, 0.1) is 19.8 Å². The molecule has 30 heavy (non-hydrogen) atoms. The molecular formula is C25H34N2O3. The summed E-state index contributed by atoms with van der Waals surface area (Å²) in [5.41, 5.74) is 3.54. The van der Waals surface area contributed by atoms with Gasteiger partial charge in [0.15, 0.2) is 0 Å². The summed E-state index contributed by atoms with van der Waals surface area (Å²) in [6, 6.07) is 16.6. The zero-order valence-electron chi connectivity index (χ0n) is 18.5. The number of aryl methyl sites for hydroxylation is 1. The fourth-order valence-corrected chi connectivity index (χ4v) is 3.76. The Morgan fingerprint density at radius 1 is 1.07 bits per heavy atom. The van der Waals surface area contributed by atoms with Crippen molar-refractivity contribution in [2.45, 2.75) is 39.4 Å². The molecule has 0 aromatic heterocycles. The lowest BCUT2D eigenvalue weighted by Crippen LogP contribution is -2.49. The summed E-state index contributed by atoms with van der Waals surface area (Å²) in [5, 5.41) is 0. The molecule has 162 valence electrons. The molecule has 0 aliphatic carbocycles. The zero-order chi connectivity index (χ0) is 21.3. The number of carbonyl (C=O) groups is 1. The molecule has 0 spiro atoms. The molecule has 1 heterocycles. The number of ether oxygens (including phenoxy) is 2. The Labute approximate surface area is 180 Å². The first-order valence-electron chi connectivity index (χ1n) is 10.9. The first-order chi connectivity index (χ1) is 14.6. The van der Waals surface area contributed by atoms with Crippen molar-refractivity contribution < 1.29 is 14.3 Å². The summed E-state index contributed by atoms with van der Waals surface area (Å²) < 4.78 is 11.8. The molecule has 0 N–H and O–H groups in total. The maximum atomic E-state index is 12.2. The molecular weight excluding hydrogens is 376 g/mol. The highest BCUT2D eigenvalue weighted by Gasteiger charge is 2.24. The number of nitrogens with zero attached hydrogens (tertiary/aromatic N) is 2. The van der Waals surface area contributed by atoms with E-state index in [4.69, 9.17) is 9.47 Å². The van der Waals surface area contributed by atoms with Gasteiger partial charge in [0.2, 0.25) is 5.91 Å². The summed E-state index contributed by atoms with van der Waals surface area (Å²) >= 11 is 0. The predicted molar refractivity (Wildman–Crippen MR) is 120 cm³/mol. The van der Waals surface area contributed by atoms with Gasteiger partial charge in [-0.05, 0) is 36.6 Å². The lowest BCUT2D eigenvalue weighted by atomic mass is 10.1. The molecule has 3 rings (SSSR count).